The smallest absolute Gasteiger partial charge is 0.343 e. The van der Waals surface area contributed by atoms with E-state index in [1.807, 2.05) is 0 Å². The number of fused-ring (bicyclic) bond motifs is 1. The molecule has 0 unspecified atom stereocenters. The van der Waals surface area contributed by atoms with Crippen molar-refractivity contribution in [2.45, 2.75) is 11.8 Å². The standard InChI is InChI=1S/C12H10FNO3S/c1-2-17-12(16)7-5-14-9-6(10(7)15)3-4-8(13)11(9)18/h3-5,18H,2H2,1H3,(H,14,15). The molecule has 0 atom stereocenters. The van der Waals surface area contributed by atoms with Gasteiger partial charge in [0.15, 0.2) is 0 Å². The lowest BCUT2D eigenvalue weighted by Gasteiger charge is -2.05. The van der Waals surface area contributed by atoms with Crippen molar-refractivity contribution in [2.75, 3.05) is 6.61 Å². The number of H-pyrrole nitrogens is 1. The largest absolute Gasteiger partial charge is 0.462 e. The Hall–Kier alpha value is -1.82. The quantitative estimate of drug-likeness (QED) is 0.647. The minimum absolute atomic E-state index is 0.0417. The number of thiol groups is 1. The Balaban J connectivity index is 2.70. The highest BCUT2D eigenvalue weighted by Gasteiger charge is 2.15. The average Bonchev–Trinajstić information content (AvgIpc) is 2.34. The van der Waals surface area contributed by atoms with Gasteiger partial charge < -0.3 is 9.72 Å². The second-order valence-corrected chi connectivity index (χ2v) is 4.02. The van der Waals surface area contributed by atoms with E-state index >= 15 is 0 Å². The number of carbonyl (C=O) groups is 1. The van der Waals surface area contributed by atoms with Crippen molar-refractivity contribution in [2.24, 2.45) is 0 Å². The van der Waals surface area contributed by atoms with Gasteiger partial charge in [-0.15, -0.1) is 12.6 Å². The topological polar surface area (TPSA) is 59.2 Å². The van der Waals surface area contributed by atoms with Crippen molar-refractivity contribution in [3.63, 3.8) is 0 Å². The van der Waals surface area contributed by atoms with Gasteiger partial charge in [0.1, 0.15) is 11.4 Å². The molecule has 0 aliphatic carbocycles. The van der Waals surface area contributed by atoms with Gasteiger partial charge in [0.2, 0.25) is 5.43 Å². The summed E-state index contributed by atoms with van der Waals surface area (Å²) in [6.07, 6.45) is 1.21. The Morgan fingerprint density at radius 2 is 2.22 bits per heavy atom. The lowest BCUT2D eigenvalue weighted by atomic mass is 10.1. The van der Waals surface area contributed by atoms with Gasteiger partial charge in [-0.1, -0.05) is 0 Å². The van der Waals surface area contributed by atoms with Gasteiger partial charge in [0, 0.05) is 11.6 Å². The van der Waals surface area contributed by atoms with Gasteiger partial charge in [0.25, 0.3) is 0 Å². The molecule has 18 heavy (non-hydrogen) atoms. The van der Waals surface area contributed by atoms with Gasteiger partial charge in [-0.05, 0) is 19.1 Å². The Bertz CT molecular complexity index is 681. The van der Waals surface area contributed by atoms with Crippen LogP contribution in [0.5, 0.6) is 0 Å². The van der Waals surface area contributed by atoms with Crippen LogP contribution in [0.1, 0.15) is 17.3 Å². The maximum atomic E-state index is 13.3. The van der Waals surface area contributed by atoms with Crippen molar-refractivity contribution in [3.8, 4) is 0 Å². The number of rotatable bonds is 2. The number of aromatic nitrogens is 1. The third-order valence-electron chi connectivity index (χ3n) is 2.47. The molecule has 1 heterocycles. The number of nitrogens with one attached hydrogen (secondary N) is 1. The number of aromatic amines is 1. The van der Waals surface area contributed by atoms with Crippen LogP contribution >= 0.6 is 12.6 Å². The van der Waals surface area contributed by atoms with E-state index in [4.69, 9.17) is 4.74 Å². The molecule has 1 aromatic heterocycles. The monoisotopic (exact) mass is 267 g/mol. The van der Waals surface area contributed by atoms with Crippen LogP contribution in [-0.2, 0) is 4.74 Å². The highest BCUT2D eigenvalue weighted by Crippen LogP contribution is 2.21. The van der Waals surface area contributed by atoms with Crippen LogP contribution < -0.4 is 5.43 Å². The van der Waals surface area contributed by atoms with E-state index in [9.17, 15) is 14.0 Å². The average molecular weight is 267 g/mol. The summed E-state index contributed by atoms with van der Waals surface area (Å²) >= 11 is 3.98. The molecule has 1 N–H and O–H groups in total. The molecule has 0 aliphatic heterocycles. The van der Waals surface area contributed by atoms with E-state index < -0.39 is 17.2 Å². The van der Waals surface area contributed by atoms with Crippen molar-refractivity contribution >= 4 is 29.5 Å². The van der Waals surface area contributed by atoms with Crippen LogP contribution in [0.2, 0.25) is 0 Å². The fourth-order valence-corrected chi connectivity index (χ4v) is 1.88. The molecule has 0 aliphatic rings. The SMILES string of the molecule is CCOC(=O)c1c[nH]c2c(S)c(F)ccc2c1=O. The van der Waals surface area contributed by atoms with Gasteiger partial charge in [0.05, 0.1) is 17.0 Å². The first kappa shape index (κ1) is 12.6. The molecule has 0 saturated carbocycles. The second-order valence-electron chi connectivity index (χ2n) is 3.57. The Morgan fingerprint density at radius 1 is 1.50 bits per heavy atom. The number of benzene rings is 1. The molecular weight excluding hydrogens is 257 g/mol. The highest BCUT2D eigenvalue weighted by molar-refractivity contribution is 7.80. The molecule has 0 fully saturated rings. The van der Waals surface area contributed by atoms with Crippen molar-refractivity contribution in [3.05, 3.63) is 39.9 Å². The third-order valence-corrected chi connectivity index (χ3v) is 2.91. The predicted molar refractivity (Wildman–Crippen MR) is 67.7 cm³/mol. The molecule has 4 nitrogen and oxygen atoms in total. The first-order chi connectivity index (χ1) is 8.56. The Kier molecular flexibility index (Phi) is 3.38. The van der Waals surface area contributed by atoms with Crippen LogP contribution in [0, 0.1) is 5.82 Å². The molecule has 0 saturated heterocycles. The summed E-state index contributed by atoms with van der Waals surface area (Å²) in [6, 6.07) is 2.45. The second kappa shape index (κ2) is 4.81. The summed E-state index contributed by atoms with van der Waals surface area (Å²) in [5.74, 6) is -1.24. The molecular formula is C12H10FNO3S. The van der Waals surface area contributed by atoms with Gasteiger partial charge in [-0.2, -0.15) is 0 Å². The number of hydrogen-bond donors (Lipinski definition) is 2. The molecule has 0 spiro atoms. The summed E-state index contributed by atoms with van der Waals surface area (Å²) in [5.41, 5.74) is -0.349. The first-order valence-corrected chi connectivity index (χ1v) is 5.71. The number of ether oxygens (including phenoxy) is 1. The summed E-state index contributed by atoms with van der Waals surface area (Å²) in [4.78, 5) is 26.3. The molecule has 0 bridgehead atoms. The minimum atomic E-state index is -0.703. The summed E-state index contributed by atoms with van der Waals surface area (Å²) in [7, 11) is 0. The number of pyridine rings is 1. The minimum Gasteiger partial charge on any atom is -0.462 e. The molecule has 94 valence electrons. The molecule has 2 rings (SSSR count). The van der Waals surface area contributed by atoms with E-state index in [0.717, 1.165) is 6.07 Å². The van der Waals surface area contributed by atoms with E-state index in [2.05, 4.69) is 17.6 Å². The van der Waals surface area contributed by atoms with Crippen LogP contribution in [0.4, 0.5) is 4.39 Å². The lowest BCUT2D eigenvalue weighted by molar-refractivity contribution is 0.0524. The Morgan fingerprint density at radius 3 is 2.89 bits per heavy atom. The highest BCUT2D eigenvalue weighted by atomic mass is 32.1. The predicted octanol–water partition coefficient (Wildman–Crippen LogP) is 2.13. The number of halogens is 1. The van der Waals surface area contributed by atoms with Crippen molar-refractivity contribution in [1.29, 1.82) is 0 Å². The van der Waals surface area contributed by atoms with Crippen molar-refractivity contribution in [1.82, 2.24) is 4.98 Å². The maximum Gasteiger partial charge on any atom is 0.343 e. The first-order valence-electron chi connectivity index (χ1n) is 5.26. The summed E-state index contributed by atoms with van der Waals surface area (Å²) < 4.78 is 18.0. The number of hydrogen-bond acceptors (Lipinski definition) is 4. The fourth-order valence-electron chi connectivity index (χ4n) is 1.62. The lowest BCUT2D eigenvalue weighted by Crippen LogP contribution is -2.18. The molecule has 2 aromatic rings. The zero-order chi connectivity index (χ0) is 13.3. The molecule has 0 amide bonds. The third kappa shape index (κ3) is 1.99. The van der Waals surface area contributed by atoms with E-state index in [1.54, 1.807) is 6.92 Å². The molecule has 6 heteroatoms. The van der Waals surface area contributed by atoms with E-state index in [-0.39, 0.29) is 28.0 Å². The number of carbonyl (C=O) groups excluding carboxylic acids is 1. The summed E-state index contributed by atoms with van der Waals surface area (Å²) in [5, 5.41) is 0.201. The molecule has 1 aromatic carbocycles. The van der Waals surface area contributed by atoms with Gasteiger partial charge in [-0.3, -0.25) is 4.79 Å². The van der Waals surface area contributed by atoms with Crippen LogP contribution in [0.15, 0.2) is 28.0 Å². The van der Waals surface area contributed by atoms with Gasteiger partial charge >= 0.3 is 5.97 Å². The van der Waals surface area contributed by atoms with Crippen molar-refractivity contribution < 1.29 is 13.9 Å². The summed E-state index contributed by atoms with van der Waals surface area (Å²) in [6.45, 7) is 1.83. The Labute approximate surface area is 107 Å². The van der Waals surface area contributed by atoms with E-state index in [0.29, 0.717) is 0 Å². The van der Waals surface area contributed by atoms with Crippen LogP contribution in [-0.4, -0.2) is 17.6 Å². The van der Waals surface area contributed by atoms with Crippen LogP contribution in [0.25, 0.3) is 10.9 Å². The normalized spacial score (nSPS) is 10.6. The zero-order valence-corrected chi connectivity index (χ0v) is 10.4. The van der Waals surface area contributed by atoms with Gasteiger partial charge in [-0.25, -0.2) is 9.18 Å². The van der Waals surface area contributed by atoms with E-state index in [1.165, 1.54) is 12.3 Å². The maximum absolute atomic E-state index is 13.3. The zero-order valence-electron chi connectivity index (χ0n) is 9.49. The number of esters is 1. The molecule has 0 radical (unpaired) electrons. The fraction of sp³-hybridized carbons (Fsp3) is 0.167. The van der Waals surface area contributed by atoms with Crippen LogP contribution in [0.3, 0.4) is 0 Å².